The molecule has 2 atom stereocenters. The first-order valence-corrected chi connectivity index (χ1v) is 7.80. The van der Waals surface area contributed by atoms with E-state index in [1.54, 1.807) is 0 Å². The first-order valence-electron chi connectivity index (χ1n) is 7.80. The molecule has 1 saturated carbocycles. The zero-order valence-electron chi connectivity index (χ0n) is 12.5. The van der Waals surface area contributed by atoms with Crippen LogP contribution in [0.1, 0.15) is 55.2 Å². The molecule has 116 valence electrons. The zero-order chi connectivity index (χ0) is 14.9. The Kier molecular flexibility index (Phi) is 3.49. The standard InChI is InChI=1S/C15H19N5O2/c1-9-18-15(22-20-9)12-5-4-11(21-12)8-17-13-6-7-16-14(19-13)10-2-3-10/h6-7,10-12H,2-5,8H2,1H3,(H,16,17,19)/t11-,12+/m1/s1. The van der Waals surface area contributed by atoms with Gasteiger partial charge in [-0.15, -0.1) is 0 Å². The third kappa shape index (κ3) is 2.94. The molecular formula is C15H19N5O2. The third-order valence-corrected chi connectivity index (χ3v) is 4.05. The van der Waals surface area contributed by atoms with Crippen LogP contribution in [0.3, 0.4) is 0 Å². The van der Waals surface area contributed by atoms with Crippen molar-refractivity contribution in [1.82, 2.24) is 20.1 Å². The smallest absolute Gasteiger partial charge is 0.255 e. The van der Waals surface area contributed by atoms with Gasteiger partial charge in [0.05, 0.1) is 6.10 Å². The first kappa shape index (κ1) is 13.6. The van der Waals surface area contributed by atoms with Crippen LogP contribution in [-0.2, 0) is 4.74 Å². The number of rotatable bonds is 5. The van der Waals surface area contributed by atoms with Gasteiger partial charge < -0.3 is 14.6 Å². The van der Waals surface area contributed by atoms with Crippen LogP contribution in [0, 0.1) is 6.92 Å². The molecule has 4 rings (SSSR count). The average molecular weight is 301 g/mol. The summed E-state index contributed by atoms with van der Waals surface area (Å²) in [6, 6.07) is 1.90. The van der Waals surface area contributed by atoms with Gasteiger partial charge in [-0.25, -0.2) is 9.97 Å². The third-order valence-electron chi connectivity index (χ3n) is 4.05. The van der Waals surface area contributed by atoms with Gasteiger partial charge >= 0.3 is 0 Å². The molecule has 7 nitrogen and oxygen atoms in total. The van der Waals surface area contributed by atoms with Crippen LogP contribution in [0.25, 0.3) is 0 Å². The maximum Gasteiger partial charge on any atom is 0.255 e. The van der Waals surface area contributed by atoms with Crippen molar-refractivity contribution in [1.29, 1.82) is 0 Å². The van der Waals surface area contributed by atoms with Crippen molar-refractivity contribution in [3.05, 3.63) is 29.8 Å². The molecule has 22 heavy (non-hydrogen) atoms. The molecule has 2 aromatic heterocycles. The highest BCUT2D eigenvalue weighted by molar-refractivity contribution is 5.34. The second-order valence-electron chi connectivity index (χ2n) is 5.96. The van der Waals surface area contributed by atoms with E-state index in [-0.39, 0.29) is 12.2 Å². The fourth-order valence-corrected chi connectivity index (χ4v) is 2.71. The summed E-state index contributed by atoms with van der Waals surface area (Å²) in [6.45, 7) is 2.54. The molecule has 1 aliphatic carbocycles. The van der Waals surface area contributed by atoms with Gasteiger partial charge in [-0.1, -0.05) is 5.16 Å². The van der Waals surface area contributed by atoms with Crippen LogP contribution in [0.15, 0.2) is 16.8 Å². The van der Waals surface area contributed by atoms with Crippen LogP contribution in [-0.4, -0.2) is 32.8 Å². The Hall–Kier alpha value is -2.02. The summed E-state index contributed by atoms with van der Waals surface area (Å²) < 4.78 is 11.2. The van der Waals surface area contributed by atoms with Crippen molar-refractivity contribution in [2.24, 2.45) is 0 Å². The molecule has 7 heteroatoms. The van der Waals surface area contributed by atoms with Crippen LogP contribution in [0.5, 0.6) is 0 Å². The summed E-state index contributed by atoms with van der Waals surface area (Å²) in [5.41, 5.74) is 0. The van der Waals surface area contributed by atoms with Crippen molar-refractivity contribution in [3.63, 3.8) is 0 Å². The number of hydrogen-bond donors (Lipinski definition) is 1. The second kappa shape index (κ2) is 5.64. The van der Waals surface area contributed by atoms with Gasteiger partial charge in [0.1, 0.15) is 17.7 Å². The van der Waals surface area contributed by atoms with E-state index in [0.717, 1.165) is 31.0 Å². The lowest BCUT2D eigenvalue weighted by atomic mass is 10.2. The Morgan fingerprint density at radius 3 is 2.91 bits per heavy atom. The summed E-state index contributed by atoms with van der Waals surface area (Å²) in [4.78, 5) is 13.1. The monoisotopic (exact) mass is 301 g/mol. The van der Waals surface area contributed by atoms with E-state index >= 15 is 0 Å². The molecule has 3 heterocycles. The summed E-state index contributed by atoms with van der Waals surface area (Å²) in [6.07, 6.45) is 6.17. The lowest BCUT2D eigenvalue weighted by Crippen LogP contribution is -2.19. The van der Waals surface area contributed by atoms with Gasteiger partial charge in [0.15, 0.2) is 5.82 Å². The normalized spacial score (nSPS) is 24.6. The van der Waals surface area contributed by atoms with Crippen molar-refractivity contribution in [2.75, 3.05) is 11.9 Å². The molecule has 0 bridgehead atoms. The summed E-state index contributed by atoms with van der Waals surface area (Å²) in [7, 11) is 0. The molecule has 1 N–H and O–H groups in total. The minimum absolute atomic E-state index is 0.0829. The molecule has 2 aliphatic rings. The second-order valence-corrected chi connectivity index (χ2v) is 5.96. The predicted octanol–water partition coefficient (Wildman–Crippen LogP) is 2.38. The highest BCUT2D eigenvalue weighted by Gasteiger charge is 2.30. The molecular weight excluding hydrogens is 282 g/mol. The number of anilines is 1. The Balaban J connectivity index is 1.32. The Labute approximate surface area is 128 Å². The minimum atomic E-state index is -0.0829. The fraction of sp³-hybridized carbons (Fsp3) is 0.600. The predicted molar refractivity (Wildman–Crippen MR) is 78.4 cm³/mol. The summed E-state index contributed by atoms with van der Waals surface area (Å²) in [5, 5.41) is 7.16. The molecule has 0 aromatic carbocycles. The number of nitrogens with one attached hydrogen (secondary N) is 1. The Morgan fingerprint density at radius 2 is 2.14 bits per heavy atom. The van der Waals surface area contributed by atoms with Crippen LogP contribution in [0.4, 0.5) is 5.82 Å². The van der Waals surface area contributed by atoms with Crippen LogP contribution < -0.4 is 5.32 Å². The summed E-state index contributed by atoms with van der Waals surface area (Å²) in [5.74, 6) is 3.62. The lowest BCUT2D eigenvalue weighted by Gasteiger charge is -2.13. The largest absolute Gasteiger partial charge is 0.367 e. The fourth-order valence-electron chi connectivity index (χ4n) is 2.71. The van der Waals surface area contributed by atoms with Crippen molar-refractivity contribution < 1.29 is 9.26 Å². The van der Waals surface area contributed by atoms with E-state index in [1.807, 2.05) is 19.2 Å². The van der Waals surface area contributed by atoms with Gasteiger partial charge in [-0.3, -0.25) is 0 Å². The van der Waals surface area contributed by atoms with Gasteiger partial charge in [0.25, 0.3) is 5.89 Å². The Morgan fingerprint density at radius 1 is 1.23 bits per heavy atom. The van der Waals surface area contributed by atoms with E-state index in [2.05, 4.69) is 25.4 Å². The van der Waals surface area contributed by atoms with E-state index in [9.17, 15) is 0 Å². The molecule has 0 radical (unpaired) electrons. The van der Waals surface area contributed by atoms with E-state index in [1.165, 1.54) is 12.8 Å². The molecule has 1 aliphatic heterocycles. The SMILES string of the molecule is Cc1noc([C@@H]2CC[C@H](CNc3ccnc(C4CC4)n3)O2)n1. The maximum absolute atomic E-state index is 5.97. The van der Waals surface area contributed by atoms with Gasteiger partial charge in [0.2, 0.25) is 0 Å². The number of hydrogen-bond acceptors (Lipinski definition) is 7. The number of aryl methyl sites for hydroxylation is 1. The number of nitrogens with zero attached hydrogens (tertiary/aromatic N) is 4. The average Bonchev–Trinajstić information content (AvgIpc) is 3.13. The highest BCUT2D eigenvalue weighted by atomic mass is 16.5. The Bertz CT molecular complexity index is 655. The van der Waals surface area contributed by atoms with E-state index in [4.69, 9.17) is 9.26 Å². The minimum Gasteiger partial charge on any atom is -0.367 e. The molecule has 1 saturated heterocycles. The first-order chi connectivity index (χ1) is 10.8. The lowest BCUT2D eigenvalue weighted by molar-refractivity contribution is 0.0326. The van der Waals surface area contributed by atoms with Gasteiger partial charge in [0, 0.05) is 18.7 Å². The highest BCUT2D eigenvalue weighted by Crippen LogP contribution is 2.38. The van der Waals surface area contributed by atoms with Crippen LogP contribution >= 0.6 is 0 Å². The number of ether oxygens (including phenoxy) is 1. The van der Waals surface area contributed by atoms with Gasteiger partial charge in [-0.2, -0.15) is 4.98 Å². The quantitative estimate of drug-likeness (QED) is 0.907. The van der Waals surface area contributed by atoms with Gasteiger partial charge in [-0.05, 0) is 38.7 Å². The van der Waals surface area contributed by atoms with Crippen molar-refractivity contribution in [3.8, 4) is 0 Å². The molecule has 2 aromatic rings. The molecule has 0 amide bonds. The summed E-state index contributed by atoms with van der Waals surface area (Å²) >= 11 is 0. The zero-order valence-corrected chi connectivity index (χ0v) is 12.5. The topological polar surface area (TPSA) is 86.0 Å². The molecule has 0 unspecified atom stereocenters. The van der Waals surface area contributed by atoms with Crippen LogP contribution in [0.2, 0.25) is 0 Å². The maximum atomic E-state index is 5.97. The van der Waals surface area contributed by atoms with Crippen molar-refractivity contribution in [2.45, 2.75) is 50.7 Å². The van der Waals surface area contributed by atoms with Crippen molar-refractivity contribution >= 4 is 5.82 Å². The number of aromatic nitrogens is 4. The molecule has 0 spiro atoms. The van der Waals surface area contributed by atoms with E-state index < -0.39 is 0 Å². The van der Waals surface area contributed by atoms with E-state index in [0.29, 0.717) is 17.6 Å². The molecule has 2 fully saturated rings.